The molecule has 1 N–H and O–H groups in total. The summed E-state index contributed by atoms with van der Waals surface area (Å²) in [6.45, 7) is 12.6. The van der Waals surface area contributed by atoms with Gasteiger partial charge in [0.2, 0.25) is 0 Å². The second-order valence-electron chi connectivity index (χ2n) is 5.91. The van der Waals surface area contributed by atoms with Crippen molar-refractivity contribution >= 4 is 0 Å². The summed E-state index contributed by atoms with van der Waals surface area (Å²) in [4.78, 5) is 2.52. The van der Waals surface area contributed by atoms with Crippen LogP contribution >= 0.6 is 0 Å². The number of nitrogens with zero attached hydrogens (tertiary/aromatic N) is 1. The molecule has 1 spiro atoms. The van der Waals surface area contributed by atoms with E-state index < -0.39 is 0 Å². The predicted molar refractivity (Wildman–Crippen MR) is 83.5 cm³/mol. The van der Waals surface area contributed by atoms with Gasteiger partial charge in [-0.05, 0) is 26.4 Å². The van der Waals surface area contributed by atoms with Gasteiger partial charge in [0.05, 0.1) is 19.8 Å². The van der Waals surface area contributed by atoms with Crippen LogP contribution in [0.2, 0.25) is 0 Å². The minimum atomic E-state index is -0.324. The number of hydrogen-bond donors (Lipinski definition) is 1. The highest BCUT2D eigenvalue weighted by Crippen LogP contribution is 2.37. The Bertz CT molecular complexity index is 295. The van der Waals surface area contributed by atoms with Gasteiger partial charge in [-0.25, -0.2) is 0 Å². The topological polar surface area (TPSA) is 43.0 Å². The highest BCUT2D eigenvalue weighted by molar-refractivity contribution is 4.96. The largest absolute Gasteiger partial charge is 0.380 e. The highest BCUT2D eigenvalue weighted by Gasteiger charge is 2.46. The summed E-state index contributed by atoms with van der Waals surface area (Å²) >= 11 is 0. The van der Waals surface area contributed by atoms with Crippen molar-refractivity contribution in [3.8, 4) is 0 Å². The summed E-state index contributed by atoms with van der Waals surface area (Å²) in [6.07, 6.45) is 3.08. The maximum Gasteiger partial charge on any atom is 0.170 e. The second kappa shape index (κ2) is 8.44. The second-order valence-corrected chi connectivity index (χ2v) is 5.91. The zero-order chi connectivity index (χ0) is 15.1. The summed E-state index contributed by atoms with van der Waals surface area (Å²) in [5.74, 6) is -0.324. The van der Waals surface area contributed by atoms with E-state index in [4.69, 9.17) is 14.2 Å². The van der Waals surface area contributed by atoms with Crippen LogP contribution in [0.3, 0.4) is 0 Å². The van der Waals surface area contributed by atoms with Crippen LogP contribution in [0, 0.1) is 0 Å². The van der Waals surface area contributed by atoms with Crippen LogP contribution in [0.5, 0.6) is 0 Å². The lowest BCUT2D eigenvalue weighted by molar-refractivity contribution is -0.193. The number of likely N-dealkylation sites (N-methyl/N-ethyl adjacent to an activating group) is 2. The SMILES string of the molecule is CCNC1CCC2(CC1N(CC)CCOCC)OCCO2. The van der Waals surface area contributed by atoms with Crippen LogP contribution in [0.4, 0.5) is 0 Å². The zero-order valence-electron chi connectivity index (χ0n) is 13.9. The molecule has 5 nitrogen and oxygen atoms in total. The maximum absolute atomic E-state index is 5.95. The molecular formula is C16H32N2O3. The van der Waals surface area contributed by atoms with E-state index in [1.807, 2.05) is 6.92 Å². The quantitative estimate of drug-likeness (QED) is 0.690. The fourth-order valence-electron chi connectivity index (χ4n) is 3.66. The van der Waals surface area contributed by atoms with Crippen LogP contribution < -0.4 is 5.32 Å². The first kappa shape index (κ1) is 17.2. The van der Waals surface area contributed by atoms with Crippen molar-refractivity contribution in [1.82, 2.24) is 10.2 Å². The summed E-state index contributed by atoms with van der Waals surface area (Å²) in [7, 11) is 0. The van der Waals surface area contributed by atoms with Crippen molar-refractivity contribution in [2.75, 3.05) is 46.1 Å². The van der Waals surface area contributed by atoms with Crippen molar-refractivity contribution in [2.24, 2.45) is 0 Å². The molecule has 1 aliphatic heterocycles. The Morgan fingerprint density at radius 3 is 2.62 bits per heavy atom. The first-order valence-electron chi connectivity index (χ1n) is 8.57. The van der Waals surface area contributed by atoms with Gasteiger partial charge in [0.15, 0.2) is 5.79 Å². The molecule has 2 rings (SSSR count). The van der Waals surface area contributed by atoms with Gasteiger partial charge in [-0.15, -0.1) is 0 Å². The smallest absolute Gasteiger partial charge is 0.170 e. The summed E-state index contributed by atoms with van der Waals surface area (Å²) in [5.41, 5.74) is 0. The van der Waals surface area contributed by atoms with Gasteiger partial charge in [-0.1, -0.05) is 13.8 Å². The molecule has 0 aromatic rings. The van der Waals surface area contributed by atoms with Gasteiger partial charge in [-0.2, -0.15) is 0 Å². The molecule has 2 unspecified atom stereocenters. The van der Waals surface area contributed by atoms with Crippen LogP contribution in [0.25, 0.3) is 0 Å². The molecule has 124 valence electrons. The Kier molecular flexibility index (Phi) is 6.89. The first-order valence-corrected chi connectivity index (χ1v) is 8.57. The van der Waals surface area contributed by atoms with Crippen molar-refractivity contribution in [1.29, 1.82) is 0 Å². The Balaban J connectivity index is 2.00. The normalized spacial score (nSPS) is 28.6. The van der Waals surface area contributed by atoms with Gasteiger partial charge < -0.3 is 19.5 Å². The third-order valence-electron chi connectivity index (χ3n) is 4.70. The van der Waals surface area contributed by atoms with Crippen molar-refractivity contribution in [2.45, 2.75) is 57.9 Å². The summed E-state index contributed by atoms with van der Waals surface area (Å²) in [5, 5.41) is 3.65. The van der Waals surface area contributed by atoms with Crippen LogP contribution in [-0.2, 0) is 14.2 Å². The lowest BCUT2D eigenvalue weighted by atomic mass is 9.84. The van der Waals surface area contributed by atoms with Crippen molar-refractivity contribution in [3.63, 3.8) is 0 Å². The maximum atomic E-state index is 5.95. The Hall–Kier alpha value is -0.200. The monoisotopic (exact) mass is 300 g/mol. The molecule has 5 heteroatoms. The average Bonchev–Trinajstić information content (AvgIpc) is 2.94. The molecule has 0 aromatic carbocycles. The summed E-state index contributed by atoms with van der Waals surface area (Å²) in [6, 6.07) is 0.984. The fraction of sp³-hybridized carbons (Fsp3) is 1.00. The number of rotatable bonds is 8. The molecular weight excluding hydrogens is 268 g/mol. The Morgan fingerprint density at radius 1 is 1.24 bits per heavy atom. The van der Waals surface area contributed by atoms with E-state index in [1.165, 1.54) is 0 Å². The average molecular weight is 300 g/mol. The first-order chi connectivity index (χ1) is 10.2. The molecule has 0 aromatic heterocycles. The number of ether oxygens (including phenoxy) is 3. The minimum Gasteiger partial charge on any atom is -0.380 e. The molecule has 1 saturated heterocycles. The van der Waals surface area contributed by atoms with Gasteiger partial charge in [0.1, 0.15) is 0 Å². The lowest BCUT2D eigenvalue weighted by Crippen LogP contribution is -2.58. The summed E-state index contributed by atoms with van der Waals surface area (Å²) < 4.78 is 17.4. The van der Waals surface area contributed by atoms with Crippen LogP contribution in [-0.4, -0.2) is 68.8 Å². The van der Waals surface area contributed by atoms with Gasteiger partial charge in [-0.3, -0.25) is 4.90 Å². The minimum absolute atomic E-state index is 0.324. The molecule has 1 aliphatic carbocycles. The van der Waals surface area contributed by atoms with Gasteiger partial charge in [0, 0.05) is 38.1 Å². The fourth-order valence-corrected chi connectivity index (χ4v) is 3.66. The molecule has 1 heterocycles. The van der Waals surface area contributed by atoms with Gasteiger partial charge in [0.25, 0.3) is 0 Å². The Labute approximate surface area is 129 Å². The molecule has 0 radical (unpaired) electrons. The van der Waals surface area contributed by atoms with E-state index in [-0.39, 0.29) is 5.79 Å². The molecule has 1 saturated carbocycles. The Morgan fingerprint density at radius 2 is 2.00 bits per heavy atom. The van der Waals surface area contributed by atoms with E-state index in [0.717, 1.165) is 65.3 Å². The molecule has 0 amide bonds. The molecule has 2 fully saturated rings. The number of hydrogen-bond acceptors (Lipinski definition) is 5. The predicted octanol–water partition coefficient (Wildman–Crippen LogP) is 1.62. The zero-order valence-corrected chi connectivity index (χ0v) is 13.9. The third kappa shape index (κ3) is 4.39. The van der Waals surface area contributed by atoms with E-state index in [1.54, 1.807) is 0 Å². The van der Waals surface area contributed by atoms with Crippen LogP contribution in [0.1, 0.15) is 40.0 Å². The van der Waals surface area contributed by atoms with Crippen LogP contribution in [0.15, 0.2) is 0 Å². The lowest BCUT2D eigenvalue weighted by Gasteiger charge is -2.46. The van der Waals surface area contributed by atoms with Gasteiger partial charge >= 0.3 is 0 Å². The van der Waals surface area contributed by atoms with E-state index >= 15 is 0 Å². The number of nitrogens with one attached hydrogen (secondary N) is 1. The van der Waals surface area contributed by atoms with E-state index in [0.29, 0.717) is 12.1 Å². The molecule has 0 bridgehead atoms. The highest BCUT2D eigenvalue weighted by atomic mass is 16.7. The molecule has 2 aliphatic rings. The molecule has 2 atom stereocenters. The molecule has 21 heavy (non-hydrogen) atoms. The van der Waals surface area contributed by atoms with Crippen molar-refractivity contribution in [3.05, 3.63) is 0 Å². The van der Waals surface area contributed by atoms with Crippen molar-refractivity contribution < 1.29 is 14.2 Å². The standard InChI is InChI=1S/C16H32N2O3/c1-4-17-14-7-8-16(20-11-12-21-16)13-15(14)18(5-2)9-10-19-6-3/h14-15,17H,4-13H2,1-3H3. The third-order valence-corrected chi connectivity index (χ3v) is 4.70. The van der Waals surface area contributed by atoms with E-state index in [2.05, 4.69) is 24.1 Å². The van der Waals surface area contributed by atoms with E-state index in [9.17, 15) is 0 Å².